The van der Waals surface area contributed by atoms with Gasteiger partial charge in [0, 0.05) is 5.56 Å². The monoisotopic (exact) mass is 291 g/mol. The highest BCUT2D eigenvalue weighted by atomic mass is 35.5. The highest BCUT2D eigenvalue weighted by molar-refractivity contribution is 6.35. The minimum atomic E-state index is -0.248. The average molecular weight is 292 g/mol. The molecule has 0 radical (unpaired) electrons. The summed E-state index contributed by atoms with van der Waals surface area (Å²) in [7, 11) is 3.01. The van der Waals surface area contributed by atoms with Crippen molar-refractivity contribution in [1.82, 2.24) is 0 Å². The van der Waals surface area contributed by atoms with Crippen molar-refractivity contribution in [3.8, 4) is 11.5 Å². The second-order valence-electron chi connectivity index (χ2n) is 4.10. The summed E-state index contributed by atoms with van der Waals surface area (Å²) in [5.74, 6) is 0.692. The molecule has 0 aromatic heterocycles. The van der Waals surface area contributed by atoms with Crippen LogP contribution < -0.4 is 15.2 Å². The predicted octanol–water partition coefficient (Wildman–Crippen LogP) is 3.17. The molecule has 2 aromatic rings. The van der Waals surface area contributed by atoms with Crippen molar-refractivity contribution >= 4 is 23.1 Å². The van der Waals surface area contributed by atoms with Crippen LogP contribution in [-0.4, -0.2) is 20.0 Å². The molecule has 0 aliphatic heterocycles. The standard InChI is InChI=1S/C15H14ClNO3/c1-19-9-6-7-10(12(16)8-9)14(18)11-4-3-5-13(17)15(11)20-2/h3-8H,17H2,1-2H3. The van der Waals surface area contributed by atoms with Crippen LogP contribution in [0, 0.1) is 0 Å². The molecule has 2 N–H and O–H groups in total. The third kappa shape index (κ3) is 2.56. The van der Waals surface area contributed by atoms with Gasteiger partial charge in [0.15, 0.2) is 11.5 Å². The Morgan fingerprint density at radius 2 is 1.85 bits per heavy atom. The van der Waals surface area contributed by atoms with Gasteiger partial charge < -0.3 is 15.2 Å². The Kier molecular flexibility index (Phi) is 4.15. The number of nitrogen functional groups attached to an aromatic ring is 1. The van der Waals surface area contributed by atoms with Crippen molar-refractivity contribution in [3.63, 3.8) is 0 Å². The number of methoxy groups -OCH3 is 2. The highest BCUT2D eigenvalue weighted by Gasteiger charge is 2.18. The van der Waals surface area contributed by atoms with Crippen LogP contribution in [-0.2, 0) is 0 Å². The normalized spacial score (nSPS) is 10.2. The number of carbonyl (C=O) groups is 1. The number of ketones is 1. The van der Waals surface area contributed by atoms with E-state index in [9.17, 15) is 4.79 Å². The van der Waals surface area contributed by atoms with E-state index in [-0.39, 0.29) is 5.78 Å². The van der Waals surface area contributed by atoms with Crippen LogP contribution in [0.3, 0.4) is 0 Å². The molecule has 4 nitrogen and oxygen atoms in total. The van der Waals surface area contributed by atoms with Crippen LogP contribution in [0.25, 0.3) is 0 Å². The molecule has 0 fully saturated rings. The number of nitrogens with two attached hydrogens (primary N) is 1. The Bertz CT molecular complexity index is 656. The second-order valence-corrected chi connectivity index (χ2v) is 4.51. The fraction of sp³-hybridized carbons (Fsp3) is 0.133. The van der Waals surface area contributed by atoms with Gasteiger partial charge in [-0.3, -0.25) is 4.79 Å². The molecule has 0 spiro atoms. The smallest absolute Gasteiger partial charge is 0.198 e. The summed E-state index contributed by atoms with van der Waals surface area (Å²) in [6.07, 6.45) is 0. The number of ether oxygens (including phenoxy) is 2. The van der Waals surface area contributed by atoms with Gasteiger partial charge in [-0.1, -0.05) is 17.7 Å². The summed E-state index contributed by atoms with van der Waals surface area (Å²) in [5.41, 5.74) is 6.95. The van der Waals surface area contributed by atoms with Crippen molar-refractivity contribution in [3.05, 3.63) is 52.5 Å². The summed E-state index contributed by atoms with van der Waals surface area (Å²) in [4.78, 5) is 12.5. The Morgan fingerprint density at radius 1 is 1.10 bits per heavy atom. The van der Waals surface area contributed by atoms with Gasteiger partial charge in [0.25, 0.3) is 0 Å². The molecule has 0 amide bonds. The fourth-order valence-corrected chi connectivity index (χ4v) is 2.17. The van der Waals surface area contributed by atoms with Gasteiger partial charge >= 0.3 is 0 Å². The van der Waals surface area contributed by atoms with Gasteiger partial charge in [-0.25, -0.2) is 0 Å². The van der Waals surface area contributed by atoms with Crippen LogP contribution >= 0.6 is 11.6 Å². The summed E-state index contributed by atoms with van der Waals surface area (Å²) >= 11 is 6.12. The van der Waals surface area contributed by atoms with Crippen LogP contribution in [0.2, 0.25) is 5.02 Å². The molecule has 2 rings (SSSR count). The maximum absolute atomic E-state index is 12.5. The zero-order chi connectivity index (χ0) is 14.7. The number of hydrogen-bond donors (Lipinski definition) is 1. The quantitative estimate of drug-likeness (QED) is 0.694. The van der Waals surface area contributed by atoms with E-state index in [0.717, 1.165) is 0 Å². The van der Waals surface area contributed by atoms with E-state index in [1.165, 1.54) is 14.2 Å². The Morgan fingerprint density at radius 3 is 2.45 bits per heavy atom. The summed E-state index contributed by atoms with van der Waals surface area (Å²) in [6, 6.07) is 9.91. The topological polar surface area (TPSA) is 61.5 Å². The maximum Gasteiger partial charge on any atom is 0.198 e. The maximum atomic E-state index is 12.5. The molecular formula is C15H14ClNO3. The average Bonchev–Trinajstić information content (AvgIpc) is 2.46. The Labute approximate surface area is 122 Å². The van der Waals surface area contributed by atoms with Crippen LogP contribution in [0.15, 0.2) is 36.4 Å². The number of hydrogen-bond acceptors (Lipinski definition) is 4. The van der Waals surface area contributed by atoms with E-state index < -0.39 is 0 Å². The minimum Gasteiger partial charge on any atom is -0.497 e. The highest BCUT2D eigenvalue weighted by Crippen LogP contribution is 2.31. The minimum absolute atomic E-state index is 0.248. The molecule has 104 valence electrons. The number of para-hydroxylation sites is 1. The molecule has 0 heterocycles. The zero-order valence-electron chi connectivity index (χ0n) is 11.1. The fourth-order valence-electron chi connectivity index (χ4n) is 1.91. The van der Waals surface area contributed by atoms with Crippen LogP contribution in [0.4, 0.5) is 5.69 Å². The molecule has 0 unspecified atom stereocenters. The molecule has 0 aliphatic carbocycles. The van der Waals surface area contributed by atoms with E-state index in [1.807, 2.05) is 0 Å². The second kappa shape index (κ2) is 5.84. The SMILES string of the molecule is COc1ccc(C(=O)c2cccc(N)c2OC)c(Cl)c1. The number of anilines is 1. The lowest BCUT2D eigenvalue weighted by Crippen LogP contribution is -2.06. The number of carbonyl (C=O) groups excluding carboxylic acids is 1. The number of rotatable bonds is 4. The molecule has 2 aromatic carbocycles. The van der Waals surface area contributed by atoms with Gasteiger partial charge in [-0.15, -0.1) is 0 Å². The molecule has 5 heteroatoms. The molecule has 0 aliphatic rings. The summed E-state index contributed by atoms with van der Waals surface area (Å²) in [5, 5.41) is 0.318. The zero-order valence-corrected chi connectivity index (χ0v) is 11.9. The first-order valence-corrected chi connectivity index (χ1v) is 6.27. The van der Waals surface area contributed by atoms with Gasteiger partial charge in [-0.2, -0.15) is 0 Å². The summed E-state index contributed by atoms with van der Waals surface area (Å²) < 4.78 is 10.2. The van der Waals surface area contributed by atoms with Crippen molar-refractivity contribution < 1.29 is 14.3 Å². The third-order valence-electron chi connectivity index (χ3n) is 2.92. The molecule has 0 atom stereocenters. The molecular weight excluding hydrogens is 278 g/mol. The van der Waals surface area contributed by atoms with E-state index in [0.29, 0.717) is 33.3 Å². The van der Waals surface area contributed by atoms with Gasteiger partial charge in [0.05, 0.1) is 30.5 Å². The van der Waals surface area contributed by atoms with Gasteiger partial charge in [0.1, 0.15) is 5.75 Å². The third-order valence-corrected chi connectivity index (χ3v) is 3.23. The molecule has 0 saturated carbocycles. The first kappa shape index (κ1) is 14.2. The van der Waals surface area contributed by atoms with E-state index in [1.54, 1.807) is 36.4 Å². The van der Waals surface area contributed by atoms with Gasteiger partial charge in [-0.05, 0) is 30.3 Å². The van der Waals surface area contributed by atoms with Gasteiger partial charge in [0.2, 0.25) is 0 Å². The number of benzene rings is 2. The van der Waals surface area contributed by atoms with Crippen LogP contribution in [0.1, 0.15) is 15.9 Å². The Hall–Kier alpha value is -2.20. The van der Waals surface area contributed by atoms with E-state index >= 15 is 0 Å². The summed E-state index contributed by atoms with van der Waals surface area (Å²) in [6.45, 7) is 0. The number of halogens is 1. The van der Waals surface area contributed by atoms with Crippen molar-refractivity contribution in [2.45, 2.75) is 0 Å². The van der Waals surface area contributed by atoms with E-state index in [2.05, 4.69) is 0 Å². The van der Waals surface area contributed by atoms with Crippen molar-refractivity contribution in [2.75, 3.05) is 20.0 Å². The van der Waals surface area contributed by atoms with Crippen LogP contribution in [0.5, 0.6) is 11.5 Å². The Balaban J connectivity index is 2.49. The lowest BCUT2D eigenvalue weighted by Gasteiger charge is -2.11. The predicted molar refractivity (Wildman–Crippen MR) is 78.8 cm³/mol. The van der Waals surface area contributed by atoms with E-state index in [4.69, 9.17) is 26.8 Å². The molecule has 0 saturated heterocycles. The lowest BCUT2D eigenvalue weighted by atomic mass is 10.0. The first-order valence-electron chi connectivity index (χ1n) is 5.89. The molecule has 20 heavy (non-hydrogen) atoms. The van der Waals surface area contributed by atoms with Crippen molar-refractivity contribution in [2.24, 2.45) is 0 Å². The lowest BCUT2D eigenvalue weighted by molar-refractivity contribution is 0.103. The molecule has 0 bridgehead atoms. The largest absolute Gasteiger partial charge is 0.497 e. The van der Waals surface area contributed by atoms with Crippen molar-refractivity contribution in [1.29, 1.82) is 0 Å². The first-order chi connectivity index (χ1) is 9.58.